The minimum atomic E-state index is -1.08. The zero-order valence-electron chi connectivity index (χ0n) is 14.9. The maximum Gasteiger partial charge on any atom is 0.330 e. The topological polar surface area (TPSA) is 85.2 Å². The molecule has 6 heteroatoms. The first kappa shape index (κ1) is 21.2. The summed E-state index contributed by atoms with van der Waals surface area (Å²) < 4.78 is 15.4. The lowest BCUT2D eigenvalue weighted by Crippen LogP contribution is -2.24. The van der Waals surface area contributed by atoms with Crippen LogP contribution in [-0.4, -0.2) is 48.7 Å². The van der Waals surface area contributed by atoms with E-state index in [0.717, 1.165) is 23.8 Å². The Morgan fingerprint density at radius 2 is 1.92 bits per heavy atom. The summed E-state index contributed by atoms with van der Waals surface area (Å²) in [5.74, 6) is 0.286. The second kappa shape index (κ2) is 12.5. The molecule has 0 aromatic heterocycles. The van der Waals surface area contributed by atoms with Gasteiger partial charge in [0, 0.05) is 12.7 Å². The van der Waals surface area contributed by atoms with Crippen molar-refractivity contribution in [1.29, 1.82) is 0 Å². The number of hydrogen-bond acceptors (Lipinski definition) is 6. The molecular weight excluding hydrogens is 324 g/mol. The van der Waals surface area contributed by atoms with Crippen molar-refractivity contribution in [2.45, 2.75) is 45.0 Å². The third kappa shape index (κ3) is 9.24. The Balaban J connectivity index is 2.12. The molecular formula is C19H28O6. The van der Waals surface area contributed by atoms with E-state index in [4.69, 9.17) is 14.2 Å². The Morgan fingerprint density at radius 1 is 1.20 bits per heavy atom. The van der Waals surface area contributed by atoms with E-state index >= 15 is 0 Å². The lowest BCUT2D eigenvalue weighted by molar-refractivity contribution is -0.137. The molecule has 0 aliphatic carbocycles. The fourth-order valence-corrected chi connectivity index (χ4v) is 2.14. The third-order valence-electron chi connectivity index (χ3n) is 3.58. The van der Waals surface area contributed by atoms with Crippen molar-refractivity contribution in [3.8, 4) is 5.75 Å². The molecule has 2 atom stereocenters. The standard InChI is InChI=1S/C19H28O6/c1-3-25-19(22)12-11-18(21)17(20)6-4-5-13-24-14-15-7-9-16(23-2)10-8-15/h7-12,17-18,20-21H,3-6,13-14H2,1-2H3/b12-11+/t17-,18-/m0/s1. The first-order chi connectivity index (χ1) is 12.1. The molecule has 0 amide bonds. The zero-order chi connectivity index (χ0) is 18.5. The van der Waals surface area contributed by atoms with Crippen LogP contribution in [0.15, 0.2) is 36.4 Å². The average molecular weight is 352 g/mol. The van der Waals surface area contributed by atoms with Gasteiger partial charge in [-0.1, -0.05) is 12.1 Å². The number of carbonyl (C=O) groups excluding carboxylic acids is 1. The summed E-state index contributed by atoms with van der Waals surface area (Å²) in [4.78, 5) is 11.1. The molecule has 6 nitrogen and oxygen atoms in total. The predicted molar refractivity (Wildman–Crippen MR) is 94.3 cm³/mol. The molecule has 0 aliphatic heterocycles. The van der Waals surface area contributed by atoms with Gasteiger partial charge in [-0.25, -0.2) is 4.79 Å². The molecule has 0 spiro atoms. The molecule has 0 heterocycles. The number of benzene rings is 1. The molecule has 0 aliphatic rings. The van der Waals surface area contributed by atoms with Crippen molar-refractivity contribution >= 4 is 5.97 Å². The van der Waals surface area contributed by atoms with Crippen LogP contribution in [0.25, 0.3) is 0 Å². The summed E-state index contributed by atoms with van der Waals surface area (Å²) in [5.41, 5.74) is 1.07. The van der Waals surface area contributed by atoms with Crippen LogP contribution in [0.2, 0.25) is 0 Å². The Bertz CT molecular complexity index is 511. The van der Waals surface area contributed by atoms with E-state index in [9.17, 15) is 15.0 Å². The molecule has 1 rings (SSSR count). The molecule has 140 valence electrons. The zero-order valence-corrected chi connectivity index (χ0v) is 14.9. The second-order valence-corrected chi connectivity index (χ2v) is 5.57. The molecule has 0 bridgehead atoms. The summed E-state index contributed by atoms with van der Waals surface area (Å²) in [6.45, 7) is 3.08. The van der Waals surface area contributed by atoms with Crippen LogP contribution in [0.4, 0.5) is 0 Å². The highest BCUT2D eigenvalue weighted by molar-refractivity contribution is 5.81. The van der Waals surface area contributed by atoms with Gasteiger partial charge in [-0.15, -0.1) is 0 Å². The summed E-state index contributed by atoms with van der Waals surface area (Å²) in [7, 11) is 1.63. The van der Waals surface area contributed by atoms with E-state index in [0.29, 0.717) is 26.1 Å². The number of aliphatic hydroxyl groups excluding tert-OH is 2. The molecule has 0 radical (unpaired) electrons. The minimum Gasteiger partial charge on any atom is -0.497 e. The van der Waals surface area contributed by atoms with Crippen LogP contribution in [0.1, 0.15) is 31.7 Å². The maximum atomic E-state index is 11.1. The van der Waals surface area contributed by atoms with Gasteiger partial charge in [-0.3, -0.25) is 0 Å². The molecule has 0 saturated heterocycles. The van der Waals surface area contributed by atoms with Crippen molar-refractivity contribution < 1.29 is 29.2 Å². The number of rotatable bonds is 12. The molecule has 0 fully saturated rings. The number of carbonyl (C=O) groups is 1. The fourth-order valence-electron chi connectivity index (χ4n) is 2.14. The largest absolute Gasteiger partial charge is 0.497 e. The lowest BCUT2D eigenvalue weighted by atomic mass is 10.1. The van der Waals surface area contributed by atoms with Crippen LogP contribution >= 0.6 is 0 Å². The first-order valence-corrected chi connectivity index (χ1v) is 8.48. The maximum absolute atomic E-state index is 11.1. The van der Waals surface area contributed by atoms with Gasteiger partial charge in [0.05, 0.1) is 32.5 Å². The van der Waals surface area contributed by atoms with E-state index in [1.54, 1.807) is 14.0 Å². The molecule has 0 unspecified atom stereocenters. The fraction of sp³-hybridized carbons (Fsp3) is 0.526. The third-order valence-corrected chi connectivity index (χ3v) is 3.58. The number of esters is 1. The molecule has 1 aromatic carbocycles. The monoisotopic (exact) mass is 352 g/mol. The first-order valence-electron chi connectivity index (χ1n) is 8.48. The number of hydrogen-bond donors (Lipinski definition) is 2. The van der Waals surface area contributed by atoms with Gasteiger partial charge in [0.2, 0.25) is 0 Å². The number of aliphatic hydroxyl groups is 2. The van der Waals surface area contributed by atoms with Crippen molar-refractivity contribution in [1.82, 2.24) is 0 Å². The Morgan fingerprint density at radius 3 is 2.56 bits per heavy atom. The number of unbranched alkanes of at least 4 members (excludes halogenated alkanes) is 1. The summed E-state index contributed by atoms with van der Waals surface area (Å²) in [5, 5.41) is 19.6. The highest BCUT2D eigenvalue weighted by Crippen LogP contribution is 2.12. The Hall–Kier alpha value is -1.89. The number of ether oxygens (including phenoxy) is 3. The van der Waals surface area contributed by atoms with E-state index < -0.39 is 18.2 Å². The van der Waals surface area contributed by atoms with Crippen molar-refractivity contribution in [2.24, 2.45) is 0 Å². The summed E-state index contributed by atoms with van der Waals surface area (Å²) in [6.07, 6.45) is 2.32. The van der Waals surface area contributed by atoms with Gasteiger partial charge in [0.1, 0.15) is 5.75 Å². The minimum absolute atomic E-state index is 0.276. The molecule has 0 saturated carbocycles. The Labute approximate surface area is 149 Å². The van der Waals surface area contributed by atoms with Gasteiger partial charge in [0.25, 0.3) is 0 Å². The van der Waals surface area contributed by atoms with Crippen LogP contribution in [-0.2, 0) is 20.9 Å². The normalized spacial score (nSPS) is 13.6. The van der Waals surface area contributed by atoms with Crippen molar-refractivity contribution in [3.63, 3.8) is 0 Å². The van der Waals surface area contributed by atoms with Crippen molar-refractivity contribution in [2.75, 3.05) is 20.3 Å². The highest BCUT2D eigenvalue weighted by atomic mass is 16.5. The summed E-state index contributed by atoms with van der Waals surface area (Å²) in [6, 6.07) is 7.68. The molecule has 2 N–H and O–H groups in total. The highest BCUT2D eigenvalue weighted by Gasteiger charge is 2.13. The number of methoxy groups -OCH3 is 1. The van der Waals surface area contributed by atoms with E-state index in [-0.39, 0.29) is 6.61 Å². The molecule has 1 aromatic rings. The van der Waals surface area contributed by atoms with E-state index in [1.807, 2.05) is 24.3 Å². The average Bonchev–Trinajstić information content (AvgIpc) is 2.63. The SMILES string of the molecule is CCOC(=O)/C=C/[C@H](O)[C@@H](O)CCCCOCc1ccc(OC)cc1. The van der Waals surface area contributed by atoms with Crippen LogP contribution in [0.3, 0.4) is 0 Å². The van der Waals surface area contributed by atoms with Crippen LogP contribution < -0.4 is 4.74 Å². The quantitative estimate of drug-likeness (QED) is 0.341. The van der Waals surface area contributed by atoms with E-state index in [1.165, 1.54) is 6.08 Å². The van der Waals surface area contributed by atoms with Gasteiger partial charge in [-0.2, -0.15) is 0 Å². The van der Waals surface area contributed by atoms with E-state index in [2.05, 4.69) is 0 Å². The van der Waals surface area contributed by atoms with Gasteiger partial charge in [0.15, 0.2) is 0 Å². The van der Waals surface area contributed by atoms with Gasteiger partial charge >= 0.3 is 5.97 Å². The van der Waals surface area contributed by atoms with Crippen molar-refractivity contribution in [3.05, 3.63) is 42.0 Å². The lowest BCUT2D eigenvalue weighted by Gasteiger charge is -2.14. The van der Waals surface area contributed by atoms with Gasteiger partial charge < -0.3 is 24.4 Å². The van der Waals surface area contributed by atoms with Crippen LogP contribution in [0.5, 0.6) is 5.75 Å². The van der Waals surface area contributed by atoms with Gasteiger partial charge in [-0.05, 0) is 50.0 Å². The second-order valence-electron chi connectivity index (χ2n) is 5.57. The smallest absolute Gasteiger partial charge is 0.330 e. The Kier molecular flexibility index (Phi) is 10.6. The van der Waals surface area contributed by atoms with Crippen LogP contribution in [0, 0.1) is 0 Å². The molecule has 25 heavy (non-hydrogen) atoms. The summed E-state index contributed by atoms with van der Waals surface area (Å²) >= 11 is 0. The predicted octanol–water partition coefficient (Wildman–Crippen LogP) is 2.22.